The third-order valence-corrected chi connectivity index (χ3v) is 2.55. The Balaban J connectivity index is 2.27. The minimum Gasteiger partial charge on any atom is -0.481 e. The van der Waals surface area contributed by atoms with Crippen LogP contribution in [0.3, 0.4) is 0 Å². The summed E-state index contributed by atoms with van der Waals surface area (Å²) >= 11 is 0. The molecule has 17 heavy (non-hydrogen) atoms. The van der Waals surface area contributed by atoms with E-state index in [1.54, 1.807) is 0 Å². The number of carboxylic acids is 1. The highest BCUT2D eigenvalue weighted by Crippen LogP contribution is 2.03. The molecule has 0 fully saturated rings. The second kappa shape index (κ2) is 7.81. The Kier molecular flexibility index (Phi) is 6.29. The molecule has 1 atom stereocenters. The average molecular weight is 237 g/mol. The Bertz CT molecular complexity index is 327. The van der Waals surface area contributed by atoms with Crippen LogP contribution < -0.4 is 5.32 Å². The minimum absolute atomic E-state index is 0.00815. The van der Waals surface area contributed by atoms with Crippen molar-refractivity contribution in [2.75, 3.05) is 13.2 Å². The zero-order chi connectivity index (χ0) is 12.5. The fourth-order valence-corrected chi connectivity index (χ4v) is 1.65. The van der Waals surface area contributed by atoms with Crippen LogP contribution in [0.2, 0.25) is 0 Å². The molecule has 0 aliphatic carbocycles. The van der Waals surface area contributed by atoms with E-state index in [0.717, 1.165) is 12.0 Å². The molecular weight excluding hydrogens is 218 g/mol. The van der Waals surface area contributed by atoms with E-state index < -0.39 is 5.97 Å². The standard InChI is InChI=1S/C13H19NO3/c15-10-12(14-8-4-7-13(16)17)9-11-5-2-1-3-6-11/h1-3,5-6,12,14-15H,4,7-10H2,(H,16,17). The lowest BCUT2D eigenvalue weighted by molar-refractivity contribution is -0.137. The lowest BCUT2D eigenvalue weighted by Crippen LogP contribution is -2.35. The van der Waals surface area contributed by atoms with Gasteiger partial charge in [0.05, 0.1) is 6.61 Å². The van der Waals surface area contributed by atoms with Gasteiger partial charge in [-0.05, 0) is 24.9 Å². The summed E-state index contributed by atoms with van der Waals surface area (Å²) in [6.07, 6.45) is 1.50. The summed E-state index contributed by atoms with van der Waals surface area (Å²) < 4.78 is 0. The van der Waals surface area contributed by atoms with Crippen LogP contribution in [0.1, 0.15) is 18.4 Å². The van der Waals surface area contributed by atoms with Crippen molar-refractivity contribution in [1.82, 2.24) is 5.32 Å². The zero-order valence-electron chi connectivity index (χ0n) is 9.80. The maximum Gasteiger partial charge on any atom is 0.303 e. The molecule has 4 nitrogen and oxygen atoms in total. The molecule has 3 N–H and O–H groups in total. The summed E-state index contributed by atoms with van der Waals surface area (Å²) in [6, 6.07) is 9.91. The Hall–Kier alpha value is -1.39. The summed E-state index contributed by atoms with van der Waals surface area (Å²) in [5, 5.41) is 20.9. The van der Waals surface area contributed by atoms with Crippen LogP contribution in [0, 0.1) is 0 Å². The summed E-state index contributed by atoms with van der Waals surface area (Å²) in [5.74, 6) is -0.782. The molecular formula is C13H19NO3. The maximum absolute atomic E-state index is 10.3. The molecule has 0 aliphatic rings. The van der Waals surface area contributed by atoms with Gasteiger partial charge in [-0.25, -0.2) is 0 Å². The van der Waals surface area contributed by atoms with Crippen LogP contribution in [0.15, 0.2) is 30.3 Å². The highest BCUT2D eigenvalue weighted by Gasteiger charge is 2.07. The van der Waals surface area contributed by atoms with Crippen molar-refractivity contribution in [2.45, 2.75) is 25.3 Å². The first-order chi connectivity index (χ1) is 8.22. The lowest BCUT2D eigenvalue weighted by atomic mass is 10.1. The molecule has 94 valence electrons. The van der Waals surface area contributed by atoms with Gasteiger partial charge in [0.25, 0.3) is 0 Å². The molecule has 0 aromatic heterocycles. The van der Waals surface area contributed by atoms with E-state index in [9.17, 15) is 9.90 Å². The number of carbonyl (C=O) groups is 1. The summed E-state index contributed by atoms with van der Waals surface area (Å²) in [6.45, 7) is 0.673. The van der Waals surface area contributed by atoms with Crippen molar-refractivity contribution in [3.8, 4) is 0 Å². The summed E-state index contributed by atoms with van der Waals surface area (Å²) in [4.78, 5) is 10.3. The molecule has 4 heteroatoms. The second-order valence-corrected chi connectivity index (χ2v) is 4.02. The second-order valence-electron chi connectivity index (χ2n) is 4.02. The lowest BCUT2D eigenvalue weighted by Gasteiger charge is -2.15. The Morgan fingerprint density at radius 2 is 2.00 bits per heavy atom. The van der Waals surface area contributed by atoms with Crippen LogP contribution in [0.25, 0.3) is 0 Å². The molecule has 1 aromatic rings. The average Bonchev–Trinajstić information content (AvgIpc) is 2.34. The number of aliphatic hydroxyl groups is 1. The molecule has 1 unspecified atom stereocenters. The number of nitrogens with one attached hydrogen (secondary N) is 1. The number of benzene rings is 1. The van der Waals surface area contributed by atoms with Gasteiger partial charge in [0.1, 0.15) is 0 Å². The third kappa shape index (κ3) is 6.04. The van der Waals surface area contributed by atoms with Crippen molar-refractivity contribution in [2.24, 2.45) is 0 Å². The first kappa shape index (κ1) is 13.7. The van der Waals surface area contributed by atoms with Gasteiger partial charge in [0.2, 0.25) is 0 Å². The van der Waals surface area contributed by atoms with E-state index in [1.165, 1.54) is 0 Å². The van der Waals surface area contributed by atoms with Crippen LogP contribution in [-0.2, 0) is 11.2 Å². The van der Waals surface area contributed by atoms with E-state index >= 15 is 0 Å². The van der Waals surface area contributed by atoms with E-state index in [2.05, 4.69) is 5.32 Å². The molecule has 0 aliphatic heterocycles. The molecule has 0 bridgehead atoms. The van der Waals surface area contributed by atoms with Crippen molar-refractivity contribution < 1.29 is 15.0 Å². The molecule has 0 saturated heterocycles. The van der Waals surface area contributed by atoms with Crippen LogP contribution in [0.4, 0.5) is 0 Å². The molecule has 0 spiro atoms. The molecule has 0 amide bonds. The van der Waals surface area contributed by atoms with Gasteiger partial charge in [-0.3, -0.25) is 4.79 Å². The van der Waals surface area contributed by atoms with Crippen molar-refractivity contribution in [3.63, 3.8) is 0 Å². The Morgan fingerprint density at radius 1 is 1.29 bits per heavy atom. The quantitative estimate of drug-likeness (QED) is 0.591. The van der Waals surface area contributed by atoms with E-state index in [4.69, 9.17) is 5.11 Å². The van der Waals surface area contributed by atoms with Gasteiger partial charge in [-0.2, -0.15) is 0 Å². The zero-order valence-corrected chi connectivity index (χ0v) is 9.80. The van der Waals surface area contributed by atoms with E-state index in [1.807, 2.05) is 30.3 Å². The van der Waals surface area contributed by atoms with Gasteiger partial charge in [-0.1, -0.05) is 30.3 Å². The van der Waals surface area contributed by atoms with Gasteiger partial charge in [-0.15, -0.1) is 0 Å². The smallest absolute Gasteiger partial charge is 0.303 e. The summed E-state index contributed by atoms with van der Waals surface area (Å²) in [5.41, 5.74) is 1.16. The number of carboxylic acid groups (broad SMARTS) is 1. The number of aliphatic carboxylic acids is 1. The number of rotatable bonds is 8. The fourth-order valence-electron chi connectivity index (χ4n) is 1.65. The van der Waals surface area contributed by atoms with Crippen LogP contribution in [-0.4, -0.2) is 35.4 Å². The predicted molar refractivity (Wildman–Crippen MR) is 65.9 cm³/mol. The van der Waals surface area contributed by atoms with Crippen molar-refractivity contribution >= 4 is 5.97 Å². The Labute approximate surface area is 101 Å². The van der Waals surface area contributed by atoms with E-state index in [0.29, 0.717) is 13.0 Å². The van der Waals surface area contributed by atoms with Gasteiger partial charge < -0.3 is 15.5 Å². The van der Waals surface area contributed by atoms with E-state index in [-0.39, 0.29) is 19.1 Å². The first-order valence-corrected chi connectivity index (χ1v) is 5.82. The maximum atomic E-state index is 10.3. The highest BCUT2D eigenvalue weighted by molar-refractivity contribution is 5.66. The fraction of sp³-hybridized carbons (Fsp3) is 0.462. The topological polar surface area (TPSA) is 69.6 Å². The van der Waals surface area contributed by atoms with Crippen molar-refractivity contribution in [3.05, 3.63) is 35.9 Å². The summed E-state index contributed by atoms with van der Waals surface area (Å²) in [7, 11) is 0. The Morgan fingerprint density at radius 3 is 2.59 bits per heavy atom. The number of hydrogen-bond donors (Lipinski definition) is 3. The van der Waals surface area contributed by atoms with Gasteiger partial charge >= 0.3 is 5.97 Å². The monoisotopic (exact) mass is 237 g/mol. The first-order valence-electron chi connectivity index (χ1n) is 5.82. The van der Waals surface area contributed by atoms with Crippen LogP contribution in [0.5, 0.6) is 0 Å². The SMILES string of the molecule is O=C(O)CCCNC(CO)Cc1ccccc1. The van der Waals surface area contributed by atoms with Crippen molar-refractivity contribution in [1.29, 1.82) is 0 Å². The number of aliphatic hydroxyl groups excluding tert-OH is 1. The molecule has 1 aromatic carbocycles. The largest absolute Gasteiger partial charge is 0.481 e. The van der Waals surface area contributed by atoms with Gasteiger partial charge in [0.15, 0.2) is 0 Å². The molecule has 0 heterocycles. The number of hydrogen-bond acceptors (Lipinski definition) is 3. The third-order valence-electron chi connectivity index (χ3n) is 2.55. The highest BCUT2D eigenvalue weighted by atomic mass is 16.4. The predicted octanol–water partition coefficient (Wildman–Crippen LogP) is 1.04. The van der Waals surface area contributed by atoms with Gasteiger partial charge in [0, 0.05) is 12.5 Å². The molecule has 0 radical (unpaired) electrons. The molecule has 0 saturated carbocycles. The van der Waals surface area contributed by atoms with Crippen LogP contribution >= 0.6 is 0 Å². The minimum atomic E-state index is -0.782. The molecule has 1 rings (SSSR count). The normalized spacial score (nSPS) is 12.3.